The van der Waals surface area contributed by atoms with Crippen molar-refractivity contribution in [3.05, 3.63) is 59.7 Å². The number of fused-ring (bicyclic) bond motifs is 1. The van der Waals surface area contributed by atoms with Crippen molar-refractivity contribution in [2.45, 2.75) is 38.8 Å². The molecule has 1 fully saturated rings. The second kappa shape index (κ2) is 10.4. The third-order valence-electron chi connectivity index (χ3n) is 6.48. The Labute approximate surface area is 212 Å². The summed E-state index contributed by atoms with van der Waals surface area (Å²) in [5, 5.41) is 26.3. The van der Waals surface area contributed by atoms with E-state index in [1.165, 1.54) is 0 Å². The molecule has 1 amide bonds. The molecule has 4 N–H and O–H groups in total. The Morgan fingerprint density at radius 3 is 2.89 bits per heavy atom. The van der Waals surface area contributed by atoms with E-state index in [1.54, 1.807) is 47.3 Å². The Morgan fingerprint density at radius 1 is 1.30 bits per heavy atom. The lowest BCUT2D eigenvalue weighted by Crippen LogP contribution is -2.20. The van der Waals surface area contributed by atoms with Gasteiger partial charge in [-0.1, -0.05) is 25.1 Å². The molecule has 5 rings (SSSR count). The fraction of sp³-hybridized carbons (Fsp3) is 0.296. The van der Waals surface area contributed by atoms with Crippen LogP contribution in [-0.4, -0.2) is 49.2 Å². The highest BCUT2D eigenvalue weighted by Crippen LogP contribution is 2.38. The van der Waals surface area contributed by atoms with E-state index >= 15 is 4.39 Å². The quantitative estimate of drug-likeness (QED) is 0.264. The molecule has 2 aromatic heterocycles. The average molecular weight is 506 g/mol. The van der Waals surface area contributed by atoms with Crippen LogP contribution in [0.2, 0.25) is 0 Å². The Morgan fingerprint density at radius 2 is 2.14 bits per heavy atom. The van der Waals surface area contributed by atoms with Crippen molar-refractivity contribution in [2.75, 3.05) is 13.2 Å². The Bertz CT molecular complexity index is 1470. The lowest BCUT2D eigenvalue weighted by molar-refractivity contribution is -0.0368. The number of carbonyl (C=O) groups is 1. The van der Waals surface area contributed by atoms with Gasteiger partial charge >= 0.3 is 6.09 Å². The van der Waals surface area contributed by atoms with E-state index in [1.807, 2.05) is 13.0 Å². The third-order valence-corrected chi connectivity index (χ3v) is 6.48. The Hall–Kier alpha value is -4.18. The van der Waals surface area contributed by atoms with E-state index in [0.717, 1.165) is 30.4 Å². The molecule has 192 valence electrons. The molecule has 1 unspecified atom stereocenters. The number of aromatic nitrogens is 4. The zero-order valence-electron chi connectivity index (χ0n) is 20.4. The molecule has 0 bridgehead atoms. The summed E-state index contributed by atoms with van der Waals surface area (Å²) in [6.45, 7) is 2.70. The van der Waals surface area contributed by atoms with E-state index in [-0.39, 0.29) is 12.3 Å². The Kier molecular flexibility index (Phi) is 6.91. The topological polar surface area (TPSA) is 125 Å². The van der Waals surface area contributed by atoms with Crippen molar-refractivity contribution in [2.24, 2.45) is 0 Å². The van der Waals surface area contributed by atoms with E-state index < -0.39 is 18.1 Å². The summed E-state index contributed by atoms with van der Waals surface area (Å²) in [4.78, 5) is 18.3. The van der Waals surface area contributed by atoms with Crippen LogP contribution in [0.5, 0.6) is 5.75 Å². The number of nitrogens with zero attached hydrogens (tertiary/aromatic N) is 3. The number of aromatic amines is 1. The average Bonchev–Trinajstić information content (AvgIpc) is 3.53. The van der Waals surface area contributed by atoms with Crippen LogP contribution in [0, 0.1) is 5.82 Å². The normalized spacial score (nSPS) is 16.0. The molecule has 0 spiro atoms. The molecule has 1 saturated heterocycles. The summed E-state index contributed by atoms with van der Waals surface area (Å²) >= 11 is 0. The molecule has 1 aliphatic heterocycles. The van der Waals surface area contributed by atoms with Gasteiger partial charge in [-0.15, -0.1) is 0 Å². The predicted molar refractivity (Wildman–Crippen MR) is 138 cm³/mol. The summed E-state index contributed by atoms with van der Waals surface area (Å²) < 4.78 is 23.9. The molecule has 9 nitrogen and oxygen atoms in total. The molecule has 0 aliphatic carbocycles. The van der Waals surface area contributed by atoms with Crippen molar-refractivity contribution in [3.63, 3.8) is 0 Å². The molecule has 2 aromatic carbocycles. The number of aromatic hydroxyl groups is 1. The number of benzene rings is 2. The molecule has 0 saturated carbocycles. The molecular formula is C27H28FN5O4. The minimum Gasteiger partial charge on any atom is -0.508 e. The molecule has 10 heteroatoms. The summed E-state index contributed by atoms with van der Waals surface area (Å²) in [5.41, 5.74) is 3.43. The SMILES string of the molecule is CCc1cc(O)ccc1-c1ccc2c(-c3nc(/C=C/CNC(=O)O)c[nH]3)nn(C3CCCCO3)c2c1F. The van der Waals surface area contributed by atoms with Crippen LogP contribution in [0.4, 0.5) is 9.18 Å². The number of phenolic OH excluding ortho intramolecular Hbond substituents is 1. The number of ether oxygens (including phenoxy) is 1. The van der Waals surface area contributed by atoms with Crippen molar-refractivity contribution in [1.29, 1.82) is 0 Å². The summed E-state index contributed by atoms with van der Waals surface area (Å²) in [6.07, 6.45) is 6.80. The van der Waals surface area contributed by atoms with Crippen molar-refractivity contribution in [1.82, 2.24) is 25.1 Å². The monoisotopic (exact) mass is 505 g/mol. The fourth-order valence-corrected chi connectivity index (χ4v) is 4.70. The van der Waals surface area contributed by atoms with E-state index in [2.05, 4.69) is 15.3 Å². The predicted octanol–water partition coefficient (Wildman–Crippen LogP) is 5.48. The van der Waals surface area contributed by atoms with Crippen LogP contribution in [0.1, 0.15) is 43.7 Å². The van der Waals surface area contributed by atoms with Crippen LogP contribution in [0.3, 0.4) is 0 Å². The van der Waals surface area contributed by atoms with Gasteiger partial charge in [-0.3, -0.25) is 0 Å². The van der Waals surface area contributed by atoms with Gasteiger partial charge in [0.2, 0.25) is 0 Å². The van der Waals surface area contributed by atoms with Crippen LogP contribution in [-0.2, 0) is 11.2 Å². The number of amides is 1. The highest BCUT2D eigenvalue weighted by Gasteiger charge is 2.26. The number of nitrogens with one attached hydrogen (secondary N) is 2. The highest BCUT2D eigenvalue weighted by atomic mass is 19.1. The highest BCUT2D eigenvalue weighted by molar-refractivity contribution is 5.95. The number of aryl methyl sites for hydroxylation is 1. The number of H-pyrrole nitrogens is 1. The van der Waals surface area contributed by atoms with Gasteiger partial charge in [-0.25, -0.2) is 18.9 Å². The molecule has 1 aliphatic rings. The summed E-state index contributed by atoms with van der Waals surface area (Å²) in [7, 11) is 0. The first-order valence-electron chi connectivity index (χ1n) is 12.3. The maximum absolute atomic E-state index is 16.3. The van der Waals surface area contributed by atoms with Crippen LogP contribution < -0.4 is 5.32 Å². The minimum absolute atomic E-state index is 0.145. The van der Waals surface area contributed by atoms with Crippen LogP contribution in [0.25, 0.3) is 39.6 Å². The van der Waals surface area contributed by atoms with Gasteiger partial charge in [0, 0.05) is 30.3 Å². The molecule has 37 heavy (non-hydrogen) atoms. The van der Waals surface area contributed by atoms with E-state index in [4.69, 9.17) is 14.9 Å². The molecule has 1 atom stereocenters. The maximum Gasteiger partial charge on any atom is 0.404 e. The lowest BCUT2D eigenvalue weighted by Gasteiger charge is -2.23. The molecule has 0 radical (unpaired) electrons. The van der Waals surface area contributed by atoms with E-state index in [0.29, 0.717) is 46.7 Å². The van der Waals surface area contributed by atoms with Gasteiger partial charge in [0.1, 0.15) is 17.0 Å². The first-order valence-corrected chi connectivity index (χ1v) is 12.3. The number of carboxylic acid groups (broad SMARTS) is 1. The third kappa shape index (κ3) is 4.92. The van der Waals surface area contributed by atoms with Gasteiger partial charge in [0.05, 0.1) is 5.69 Å². The largest absolute Gasteiger partial charge is 0.508 e. The molecule has 4 aromatic rings. The number of imidazole rings is 1. The minimum atomic E-state index is -1.10. The first kappa shape index (κ1) is 24.5. The van der Waals surface area contributed by atoms with Crippen molar-refractivity contribution in [3.8, 4) is 28.4 Å². The van der Waals surface area contributed by atoms with Gasteiger partial charge < -0.3 is 25.3 Å². The van der Waals surface area contributed by atoms with Crippen LogP contribution in [0.15, 0.2) is 42.6 Å². The van der Waals surface area contributed by atoms with Crippen molar-refractivity contribution >= 4 is 23.1 Å². The zero-order valence-corrected chi connectivity index (χ0v) is 20.4. The zero-order chi connectivity index (χ0) is 25.9. The second-order valence-corrected chi connectivity index (χ2v) is 8.90. The number of phenols is 1. The standard InChI is InChI=1S/C27H28FN5O4/c1-2-16-14-18(34)8-9-19(16)20-10-11-21-24(26-30-15-17(31-26)6-5-12-29-27(35)36)32-33(25(21)23(20)28)22-7-3-4-13-37-22/h5-6,8-11,14-15,22,29,34H,2-4,7,12-13H2,1H3,(H,30,31)(H,35,36)/b6-5+. The van der Waals surface area contributed by atoms with Gasteiger partial charge in [-0.05, 0) is 61.1 Å². The lowest BCUT2D eigenvalue weighted by atomic mass is 9.96. The summed E-state index contributed by atoms with van der Waals surface area (Å²) in [5.74, 6) is 0.208. The number of halogens is 1. The maximum atomic E-state index is 16.3. The van der Waals surface area contributed by atoms with Gasteiger partial charge in [0.15, 0.2) is 17.9 Å². The molecular weight excluding hydrogens is 477 g/mol. The van der Waals surface area contributed by atoms with Crippen molar-refractivity contribution < 1.29 is 24.1 Å². The number of hydrogen-bond acceptors (Lipinski definition) is 5. The first-order chi connectivity index (χ1) is 18.0. The van der Waals surface area contributed by atoms with Gasteiger partial charge in [0.25, 0.3) is 0 Å². The van der Waals surface area contributed by atoms with E-state index in [9.17, 15) is 9.90 Å². The number of rotatable bonds is 7. The summed E-state index contributed by atoms with van der Waals surface area (Å²) in [6, 6.07) is 8.55. The fourth-order valence-electron chi connectivity index (χ4n) is 4.70. The Balaban J connectivity index is 1.61. The van der Waals surface area contributed by atoms with Gasteiger partial charge in [-0.2, -0.15) is 5.10 Å². The second-order valence-electron chi connectivity index (χ2n) is 8.90. The smallest absolute Gasteiger partial charge is 0.404 e. The molecule has 3 heterocycles. The number of hydrogen-bond donors (Lipinski definition) is 4. The van der Waals surface area contributed by atoms with Crippen LogP contribution >= 0.6 is 0 Å².